The van der Waals surface area contributed by atoms with Gasteiger partial charge in [0.05, 0.1) is 12.7 Å². The van der Waals surface area contributed by atoms with Gasteiger partial charge in [0.1, 0.15) is 24.4 Å². The molecular formula is C36H60O8. The van der Waals surface area contributed by atoms with Crippen LogP contribution in [0.5, 0.6) is 0 Å². The molecule has 0 aromatic rings. The highest BCUT2D eigenvalue weighted by Crippen LogP contribution is 2.76. The molecule has 44 heavy (non-hydrogen) atoms. The van der Waals surface area contributed by atoms with Crippen LogP contribution in [0.15, 0.2) is 23.3 Å². The van der Waals surface area contributed by atoms with Gasteiger partial charge in [-0.25, -0.2) is 0 Å². The average molecular weight is 621 g/mol. The van der Waals surface area contributed by atoms with E-state index in [-0.39, 0.29) is 40.1 Å². The van der Waals surface area contributed by atoms with Gasteiger partial charge in [-0.15, -0.1) is 0 Å². The predicted molar refractivity (Wildman–Crippen MR) is 168 cm³/mol. The van der Waals surface area contributed by atoms with E-state index < -0.39 is 48.5 Å². The first-order chi connectivity index (χ1) is 20.4. The van der Waals surface area contributed by atoms with Crippen LogP contribution in [0.25, 0.3) is 0 Å². The minimum absolute atomic E-state index is 0.00428. The fourth-order valence-electron chi connectivity index (χ4n) is 11.4. The lowest BCUT2D eigenvalue weighted by molar-refractivity contribution is -0.408. The Morgan fingerprint density at radius 1 is 0.818 bits per heavy atom. The Kier molecular flexibility index (Phi) is 9.17. The molecule has 0 bridgehead atoms. The van der Waals surface area contributed by atoms with Gasteiger partial charge in [0, 0.05) is 11.8 Å². The van der Waals surface area contributed by atoms with Crippen LogP contribution in [-0.2, 0) is 9.47 Å². The van der Waals surface area contributed by atoms with E-state index >= 15 is 0 Å². The van der Waals surface area contributed by atoms with Crippen molar-refractivity contribution in [1.82, 2.24) is 0 Å². The molecule has 0 spiro atoms. The third-order valence-electron chi connectivity index (χ3n) is 14.2. The maximum absolute atomic E-state index is 12.2. The molecule has 0 aromatic heterocycles. The monoisotopic (exact) mass is 620 g/mol. The smallest absolute Gasteiger partial charge is 0.189 e. The van der Waals surface area contributed by atoms with Crippen molar-refractivity contribution >= 4 is 0 Å². The Labute approximate surface area is 264 Å². The lowest BCUT2D eigenvalue weighted by atomic mass is 9.35. The van der Waals surface area contributed by atoms with Crippen LogP contribution in [0.1, 0.15) is 107 Å². The van der Waals surface area contributed by atoms with Crippen molar-refractivity contribution in [2.75, 3.05) is 6.61 Å². The van der Waals surface area contributed by atoms with Gasteiger partial charge in [-0.05, 0) is 106 Å². The number of fused-ring (bicyclic) bond motifs is 5. The first-order valence-corrected chi connectivity index (χ1v) is 17.1. The molecule has 8 nitrogen and oxygen atoms in total. The van der Waals surface area contributed by atoms with Crippen molar-refractivity contribution in [2.24, 2.45) is 45.3 Å². The van der Waals surface area contributed by atoms with Crippen molar-refractivity contribution in [3.63, 3.8) is 0 Å². The summed E-state index contributed by atoms with van der Waals surface area (Å²) in [6.45, 7) is 17.3. The molecule has 0 radical (unpaired) electrons. The highest BCUT2D eigenvalue weighted by Gasteiger charge is 2.72. The fourth-order valence-corrected chi connectivity index (χ4v) is 11.4. The number of ether oxygens (including phenoxy) is 2. The molecule has 8 heteroatoms. The third-order valence-corrected chi connectivity index (χ3v) is 14.2. The van der Waals surface area contributed by atoms with Crippen molar-refractivity contribution in [1.29, 1.82) is 0 Å². The standard InChI is InChI=1S/C36H60O8/c1-20(2)10-9-11-21(3)22-12-14-35(8)27(22)23(38)18-26-33(6)16-17-36(42,32(4,5)25(33)13-15-34(26,35)7)44-31-30(41)29(40)28(39)24(19-37)43-31/h10-11,22-31,37-42H,9,12-19H2,1-8H3/b21-11+/t22-,23-,24-,25+,26-,27+,28-,29+,30-,31+,33+,34-,35-,36-/m1/s1. The van der Waals surface area contributed by atoms with E-state index in [1.807, 2.05) is 13.8 Å². The topological polar surface area (TPSA) is 140 Å². The number of allylic oxidation sites excluding steroid dienone is 4. The van der Waals surface area contributed by atoms with Gasteiger partial charge in [-0.3, -0.25) is 0 Å². The molecule has 5 fully saturated rings. The molecule has 4 aliphatic carbocycles. The van der Waals surface area contributed by atoms with Gasteiger partial charge in [0.25, 0.3) is 0 Å². The maximum atomic E-state index is 12.2. The van der Waals surface area contributed by atoms with Gasteiger partial charge in [0.2, 0.25) is 0 Å². The Balaban J connectivity index is 1.41. The van der Waals surface area contributed by atoms with Crippen LogP contribution < -0.4 is 0 Å². The predicted octanol–water partition coefficient (Wildman–Crippen LogP) is 4.45. The number of hydrogen-bond acceptors (Lipinski definition) is 8. The molecule has 0 amide bonds. The summed E-state index contributed by atoms with van der Waals surface area (Å²) in [7, 11) is 0. The second-order valence-electron chi connectivity index (χ2n) is 16.7. The van der Waals surface area contributed by atoms with Gasteiger partial charge in [0.15, 0.2) is 12.1 Å². The van der Waals surface area contributed by atoms with E-state index in [4.69, 9.17) is 9.47 Å². The Bertz CT molecular complexity index is 1130. The third kappa shape index (κ3) is 5.01. The summed E-state index contributed by atoms with van der Waals surface area (Å²) in [5.74, 6) is -0.690. The quantitative estimate of drug-likeness (QED) is 0.145. The molecular weight excluding hydrogens is 560 g/mol. The van der Waals surface area contributed by atoms with Crippen LogP contribution in [0.4, 0.5) is 0 Å². The zero-order chi connectivity index (χ0) is 32.6. The highest BCUT2D eigenvalue weighted by atomic mass is 16.8. The second-order valence-corrected chi connectivity index (χ2v) is 16.7. The van der Waals surface area contributed by atoms with E-state index in [0.29, 0.717) is 18.8 Å². The lowest BCUT2D eigenvalue weighted by Crippen LogP contribution is -2.70. The summed E-state index contributed by atoms with van der Waals surface area (Å²) in [6.07, 6.45) is 3.93. The van der Waals surface area contributed by atoms with Crippen molar-refractivity contribution < 1.29 is 40.1 Å². The first-order valence-electron chi connectivity index (χ1n) is 17.1. The van der Waals surface area contributed by atoms with Crippen molar-refractivity contribution in [3.05, 3.63) is 23.3 Å². The fraction of sp³-hybridized carbons (Fsp3) is 0.889. The summed E-state index contributed by atoms with van der Waals surface area (Å²) in [4.78, 5) is 0. The van der Waals surface area contributed by atoms with E-state index in [1.54, 1.807) is 0 Å². The molecule has 5 rings (SSSR count). The van der Waals surface area contributed by atoms with E-state index in [2.05, 4.69) is 53.7 Å². The number of aliphatic hydroxyl groups excluding tert-OH is 5. The molecule has 0 unspecified atom stereocenters. The summed E-state index contributed by atoms with van der Waals surface area (Å²) in [5, 5.41) is 65.1. The second kappa shape index (κ2) is 11.7. The molecule has 5 aliphatic rings. The van der Waals surface area contributed by atoms with Crippen molar-refractivity contribution in [2.45, 2.75) is 149 Å². The molecule has 14 atom stereocenters. The molecule has 1 heterocycles. The molecule has 4 saturated carbocycles. The Morgan fingerprint density at radius 3 is 2.11 bits per heavy atom. The maximum Gasteiger partial charge on any atom is 0.189 e. The van der Waals surface area contributed by atoms with Crippen LogP contribution >= 0.6 is 0 Å². The zero-order valence-corrected chi connectivity index (χ0v) is 28.3. The summed E-state index contributed by atoms with van der Waals surface area (Å²) >= 11 is 0. The number of rotatable bonds is 6. The largest absolute Gasteiger partial charge is 0.394 e. The minimum atomic E-state index is -1.66. The van der Waals surface area contributed by atoms with Crippen LogP contribution in [0.2, 0.25) is 0 Å². The van der Waals surface area contributed by atoms with Gasteiger partial charge >= 0.3 is 0 Å². The Morgan fingerprint density at radius 2 is 1.48 bits per heavy atom. The first kappa shape index (κ1) is 34.5. The van der Waals surface area contributed by atoms with Crippen LogP contribution in [0.3, 0.4) is 0 Å². The summed E-state index contributed by atoms with van der Waals surface area (Å²) in [6, 6.07) is 0. The highest BCUT2D eigenvalue weighted by molar-refractivity contribution is 5.23. The van der Waals surface area contributed by atoms with E-state index in [9.17, 15) is 30.6 Å². The van der Waals surface area contributed by atoms with Gasteiger partial charge < -0.3 is 40.1 Å². The summed E-state index contributed by atoms with van der Waals surface area (Å²) in [5.41, 5.74) is 1.88. The molecule has 0 aromatic carbocycles. The van der Waals surface area contributed by atoms with Crippen LogP contribution in [-0.4, -0.2) is 79.8 Å². The normalized spacial score (nSPS) is 52.1. The van der Waals surface area contributed by atoms with Crippen LogP contribution in [0, 0.1) is 45.3 Å². The van der Waals surface area contributed by atoms with Gasteiger partial charge in [-0.1, -0.05) is 57.9 Å². The minimum Gasteiger partial charge on any atom is -0.394 e. The summed E-state index contributed by atoms with van der Waals surface area (Å²) < 4.78 is 11.9. The van der Waals surface area contributed by atoms with Crippen molar-refractivity contribution in [3.8, 4) is 0 Å². The molecule has 252 valence electrons. The molecule has 6 N–H and O–H groups in total. The lowest BCUT2D eigenvalue weighted by Gasteiger charge is -2.71. The van der Waals surface area contributed by atoms with Gasteiger partial charge in [-0.2, -0.15) is 0 Å². The van der Waals surface area contributed by atoms with E-state index in [1.165, 1.54) is 11.1 Å². The Hall–Kier alpha value is -0.840. The SMILES string of the molecule is CC(C)=CC/C=C(\C)[C@H]1CC[C@]2(C)[C@@H]1[C@H](O)C[C@@H]1[C@@]3(C)CC[C@@](O)(O[C@@H]4O[C@H](CO)[C@@H](O)[C@H](O)[C@H]4O)C(C)(C)[C@@H]3CC[C@]12C. The number of aliphatic hydroxyl groups is 6. The zero-order valence-electron chi connectivity index (χ0n) is 28.3. The average Bonchev–Trinajstić information content (AvgIpc) is 3.32. The molecule has 1 aliphatic heterocycles. The molecule has 1 saturated heterocycles. The van der Waals surface area contributed by atoms with E-state index in [0.717, 1.165) is 38.5 Å². The number of hydrogen-bond donors (Lipinski definition) is 6.